The van der Waals surface area contributed by atoms with Gasteiger partial charge in [0.25, 0.3) is 0 Å². The van der Waals surface area contributed by atoms with Crippen molar-refractivity contribution in [1.82, 2.24) is 15.4 Å². The molecule has 0 saturated carbocycles. The van der Waals surface area contributed by atoms with Crippen molar-refractivity contribution in [3.63, 3.8) is 0 Å². The van der Waals surface area contributed by atoms with E-state index >= 15 is 0 Å². The number of hydrogen-bond acceptors (Lipinski definition) is 8. The first kappa shape index (κ1) is 17.6. The summed E-state index contributed by atoms with van der Waals surface area (Å²) in [4.78, 5) is 13.4. The monoisotopic (exact) mass is 376 g/mol. The number of nitrogens with zero attached hydrogens (tertiary/aromatic N) is 3. The summed E-state index contributed by atoms with van der Waals surface area (Å²) in [5.74, 6) is 3.07. The van der Waals surface area contributed by atoms with Crippen LogP contribution in [0.5, 0.6) is 11.5 Å². The van der Waals surface area contributed by atoms with E-state index in [1.54, 1.807) is 20.4 Å². The van der Waals surface area contributed by atoms with Crippen LogP contribution in [0.1, 0.15) is 11.1 Å². The van der Waals surface area contributed by atoms with Gasteiger partial charge in [0.2, 0.25) is 5.95 Å². The number of methoxy groups -OCH3 is 2. The van der Waals surface area contributed by atoms with Gasteiger partial charge in [-0.3, -0.25) is 10.9 Å². The van der Waals surface area contributed by atoms with Crippen molar-refractivity contribution in [3.05, 3.63) is 65.9 Å². The van der Waals surface area contributed by atoms with E-state index in [4.69, 9.17) is 9.47 Å². The lowest BCUT2D eigenvalue weighted by atomic mass is 10.1. The van der Waals surface area contributed by atoms with Gasteiger partial charge in [0.05, 0.1) is 20.4 Å². The molecule has 8 heteroatoms. The Morgan fingerprint density at radius 1 is 0.964 bits per heavy atom. The molecule has 1 aromatic heterocycles. The number of benzene rings is 2. The van der Waals surface area contributed by atoms with E-state index < -0.39 is 0 Å². The van der Waals surface area contributed by atoms with Gasteiger partial charge in [0.15, 0.2) is 23.2 Å². The van der Waals surface area contributed by atoms with Gasteiger partial charge in [-0.25, -0.2) is 9.98 Å². The molecule has 4 rings (SSSR count). The third-order valence-electron chi connectivity index (χ3n) is 4.25. The molecule has 1 aliphatic heterocycles. The first-order valence-electron chi connectivity index (χ1n) is 8.75. The Morgan fingerprint density at radius 3 is 2.57 bits per heavy atom. The van der Waals surface area contributed by atoms with Gasteiger partial charge in [-0.2, -0.15) is 4.98 Å². The summed E-state index contributed by atoms with van der Waals surface area (Å²) < 4.78 is 10.6. The molecule has 2 heterocycles. The van der Waals surface area contributed by atoms with Crippen molar-refractivity contribution >= 4 is 23.3 Å². The van der Waals surface area contributed by atoms with E-state index in [1.807, 2.05) is 48.5 Å². The minimum Gasteiger partial charge on any atom is -0.493 e. The second-order valence-electron chi connectivity index (χ2n) is 6.05. The van der Waals surface area contributed by atoms with Gasteiger partial charge >= 0.3 is 0 Å². The maximum absolute atomic E-state index is 5.36. The van der Waals surface area contributed by atoms with Crippen LogP contribution in [0.3, 0.4) is 0 Å². The minimum absolute atomic E-state index is 0.529. The van der Waals surface area contributed by atoms with Gasteiger partial charge in [-0.05, 0) is 23.8 Å². The minimum atomic E-state index is 0.529. The molecule has 0 spiro atoms. The number of amidine groups is 1. The second kappa shape index (κ2) is 7.83. The zero-order valence-electron chi connectivity index (χ0n) is 15.6. The number of aromatic nitrogens is 2. The summed E-state index contributed by atoms with van der Waals surface area (Å²) in [5.41, 5.74) is 8.79. The SMILES string of the molecule is COc1ccc(C2=Nc3cnc(NCc4ccccc4)nc3NN2)cc1OC. The van der Waals surface area contributed by atoms with Crippen LogP contribution in [0.25, 0.3) is 0 Å². The molecule has 0 aliphatic carbocycles. The Labute approximate surface area is 162 Å². The van der Waals surface area contributed by atoms with Crippen molar-refractivity contribution < 1.29 is 9.47 Å². The fourth-order valence-electron chi connectivity index (χ4n) is 2.80. The topological polar surface area (TPSA) is 92.7 Å². The van der Waals surface area contributed by atoms with Crippen LogP contribution in [-0.4, -0.2) is 30.0 Å². The fourth-order valence-corrected chi connectivity index (χ4v) is 2.80. The molecule has 0 amide bonds. The smallest absolute Gasteiger partial charge is 0.225 e. The summed E-state index contributed by atoms with van der Waals surface area (Å²) in [6, 6.07) is 15.7. The standard InChI is InChI=1S/C20H20N6O2/c1-27-16-9-8-14(10-17(16)28-2)18-23-15-12-22-20(24-19(15)26-25-18)21-11-13-6-4-3-5-7-13/h3-10,12H,11H2,1-2H3,(H,23,25)(H2,21,22,24,26). The fraction of sp³-hybridized carbons (Fsp3) is 0.150. The maximum Gasteiger partial charge on any atom is 0.225 e. The quantitative estimate of drug-likeness (QED) is 0.609. The van der Waals surface area contributed by atoms with Crippen molar-refractivity contribution in [2.45, 2.75) is 6.54 Å². The third kappa shape index (κ3) is 3.66. The molecule has 3 N–H and O–H groups in total. The molecule has 0 unspecified atom stereocenters. The Bertz CT molecular complexity index is 1010. The third-order valence-corrected chi connectivity index (χ3v) is 4.25. The van der Waals surface area contributed by atoms with Crippen molar-refractivity contribution in [1.29, 1.82) is 0 Å². The van der Waals surface area contributed by atoms with Crippen LogP contribution < -0.4 is 25.6 Å². The number of hydrogen-bond donors (Lipinski definition) is 3. The normalized spacial score (nSPS) is 12.1. The molecule has 28 heavy (non-hydrogen) atoms. The average Bonchev–Trinajstić information content (AvgIpc) is 2.77. The van der Waals surface area contributed by atoms with Gasteiger partial charge < -0.3 is 14.8 Å². The first-order valence-corrected chi connectivity index (χ1v) is 8.75. The summed E-state index contributed by atoms with van der Waals surface area (Å²) >= 11 is 0. The van der Waals surface area contributed by atoms with Crippen LogP contribution in [0, 0.1) is 0 Å². The largest absolute Gasteiger partial charge is 0.493 e. The van der Waals surface area contributed by atoms with Crippen LogP contribution in [0.2, 0.25) is 0 Å². The number of rotatable bonds is 6. The van der Waals surface area contributed by atoms with Crippen molar-refractivity contribution in [2.24, 2.45) is 4.99 Å². The Kier molecular flexibility index (Phi) is 4.92. The molecule has 8 nitrogen and oxygen atoms in total. The first-order chi connectivity index (χ1) is 13.8. The highest BCUT2D eigenvalue weighted by Crippen LogP contribution is 2.30. The molecule has 0 radical (unpaired) electrons. The Morgan fingerprint density at radius 2 is 1.79 bits per heavy atom. The Balaban J connectivity index is 1.53. The van der Waals surface area contributed by atoms with Crippen molar-refractivity contribution in [2.75, 3.05) is 25.0 Å². The molecule has 0 saturated heterocycles. The van der Waals surface area contributed by atoms with E-state index in [9.17, 15) is 0 Å². The Hall–Kier alpha value is -3.81. The maximum atomic E-state index is 5.36. The summed E-state index contributed by atoms with van der Waals surface area (Å²) in [7, 11) is 3.20. The highest BCUT2D eigenvalue weighted by atomic mass is 16.5. The van der Waals surface area contributed by atoms with E-state index in [0.717, 1.165) is 11.1 Å². The lowest BCUT2D eigenvalue weighted by Gasteiger charge is -2.19. The lowest BCUT2D eigenvalue weighted by molar-refractivity contribution is 0.355. The zero-order chi connectivity index (χ0) is 19.3. The number of nitrogens with one attached hydrogen (secondary N) is 3. The number of aliphatic imine (C=N–C) groups is 1. The number of fused-ring (bicyclic) bond motifs is 1. The van der Waals surface area contributed by atoms with Gasteiger partial charge in [-0.15, -0.1) is 0 Å². The van der Waals surface area contributed by atoms with Crippen LogP contribution in [-0.2, 0) is 6.54 Å². The van der Waals surface area contributed by atoms with Crippen LogP contribution in [0.4, 0.5) is 17.5 Å². The van der Waals surface area contributed by atoms with Crippen LogP contribution >= 0.6 is 0 Å². The summed E-state index contributed by atoms with van der Waals surface area (Å²) in [6.07, 6.45) is 1.68. The molecule has 142 valence electrons. The summed E-state index contributed by atoms with van der Waals surface area (Å²) in [6.45, 7) is 0.646. The molecule has 2 aromatic carbocycles. The van der Waals surface area contributed by atoms with Crippen LogP contribution in [0.15, 0.2) is 59.7 Å². The van der Waals surface area contributed by atoms with Crippen molar-refractivity contribution in [3.8, 4) is 11.5 Å². The zero-order valence-corrected chi connectivity index (χ0v) is 15.6. The summed E-state index contributed by atoms with van der Waals surface area (Å²) in [5, 5.41) is 3.21. The number of ether oxygens (including phenoxy) is 2. The molecular formula is C20H20N6O2. The van der Waals surface area contributed by atoms with E-state index in [-0.39, 0.29) is 0 Å². The highest BCUT2D eigenvalue weighted by molar-refractivity contribution is 6.03. The van der Waals surface area contributed by atoms with Gasteiger partial charge in [0.1, 0.15) is 5.69 Å². The predicted molar refractivity (Wildman–Crippen MR) is 108 cm³/mol. The van der Waals surface area contributed by atoms with E-state index in [0.29, 0.717) is 41.3 Å². The molecule has 3 aromatic rings. The molecule has 0 fully saturated rings. The van der Waals surface area contributed by atoms with Gasteiger partial charge in [-0.1, -0.05) is 30.3 Å². The average molecular weight is 376 g/mol. The molecule has 0 atom stereocenters. The van der Waals surface area contributed by atoms with E-state index in [1.165, 1.54) is 0 Å². The predicted octanol–water partition coefficient (Wildman–Crippen LogP) is 3.11. The lowest BCUT2D eigenvalue weighted by Crippen LogP contribution is -2.33. The van der Waals surface area contributed by atoms with Gasteiger partial charge in [0, 0.05) is 12.1 Å². The molecule has 1 aliphatic rings. The second-order valence-corrected chi connectivity index (χ2v) is 6.05. The van der Waals surface area contributed by atoms with E-state index in [2.05, 4.69) is 31.1 Å². The molecule has 0 bridgehead atoms. The number of anilines is 2. The number of hydrazine groups is 1. The highest BCUT2D eigenvalue weighted by Gasteiger charge is 2.16. The molecular weight excluding hydrogens is 356 g/mol.